The smallest absolute Gasteiger partial charge is 0.240 e. The fourth-order valence-corrected chi connectivity index (χ4v) is 4.25. The Morgan fingerprint density at radius 3 is 2.32 bits per heavy atom. The molecule has 2 N–H and O–H groups in total. The summed E-state index contributed by atoms with van der Waals surface area (Å²) in [5.74, 6) is -0.204. The highest BCUT2D eigenvalue weighted by Gasteiger charge is 2.25. The van der Waals surface area contributed by atoms with Gasteiger partial charge in [-0.2, -0.15) is 0 Å². The molecule has 1 unspecified atom stereocenters. The van der Waals surface area contributed by atoms with Crippen molar-refractivity contribution in [3.63, 3.8) is 0 Å². The van der Waals surface area contributed by atoms with Crippen LogP contribution in [0.15, 0.2) is 59.5 Å². The van der Waals surface area contributed by atoms with Gasteiger partial charge < -0.3 is 10.1 Å². The zero-order chi connectivity index (χ0) is 20.0. The summed E-state index contributed by atoms with van der Waals surface area (Å²) < 4.78 is 33.6. The van der Waals surface area contributed by atoms with E-state index in [-0.39, 0.29) is 23.4 Å². The number of carbonyl (C=O) groups is 1. The van der Waals surface area contributed by atoms with Gasteiger partial charge in [0.2, 0.25) is 15.9 Å². The molecule has 1 heterocycles. The minimum atomic E-state index is -3.67. The first-order chi connectivity index (χ1) is 13.5. The van der Waals surface area contributed by atoms with Crippen LogP contribution in [0.25, 0.3) is 0 Å². The van der Waals surface area contributed by atoms with Crippen LogP contribution in [-0.2, 0) is 19.6 Å². The lowest BCUT2D eigenvalue weighted by Gasteiger charge is -2.34. The number of ether oxygens (including phenoxy) is 1. The molecule has 1 fully saturated rings. The van der Waals surface area contributed by atoms with Crippen LogP contribution in [-0.4, -0.2) is 52.1 Å². The van der Waals surface area contributed by atoms with E-state index in [1.807, 2.05) is 30.3 Å². The molecule has 1 amide bonds. The molecular weight excluding hydrogens is 378 g/mol. The lowest BCUT2D eigenvalue weighted by Crippen LogP contribution is -2.43. The number of benzene rings is 2. The number of amides is 1. The van der Waals surface area contributed by atoms with Crippen molar-refractivity contribution in [1.82, 2.24) is 9.62 Å². The average Bonchev–Trinajstić information content (AvgIpc) is 2.70. The zero-order valence-corrected chi connectivity index (χ0v) is 16.6. The largest absolute Gasteiger partial charge is 0.379 e. The second-order valence-electron chi connectivity index (χ2n) is 6.63. The van der Waals surface area contributed by atoms with Crippen molar-refractivity contribution in [2.24, 2.45) is 0 Å². The van der Waals surface area contributed by atoms with E-state index >= 15 is 0 Å². The molecule has 7 nitrogen and oxygen atoms in total. The Morgan fingerprint density at radius 1 is 1.07 bits per heavy atom. The number of nitrogens with one attached hydrogen (secondary N) is 2. The quantitative estimate of drug-likeness (QED) is 0.738. The van der Waals surface area contributed by atoms with Gasteiger partial charge in [-0.1, -0.05) is 30.3 Å². The molecule has 0 bridgehead atoms. The van der Waals surface area contributed by atoms with Crippen LogP contribution in [0.4, 0.5) is 5.69 Å². The topological polar surface area (TPSA) is 87.7 Å². The first-order valence-electron chi connectivity index (χ1n) is 9.20. The van der Waals surface area contributed by atoms with Crippen LogP contribution in [0.1, 0.15) is 18.5 Å². The molecule has 150 valence electrons. The van der Waals surface area contributed by atoms with Crippen LogP contribution in [0.3, 0.4) is 0 Å². The van der Waals surface area contributed by atoms with Crippen molar-refractivity contribution >= 4 is 21.6 Å². The summed E-state index contributed by atoms with van der Waals surface area (Å²) in [5.41, 5.74) is 1.62. The van der Waals surface area contributed by atoms with Crippen molar-refractivity contribution in [2.75, 3.05) is 38.2 Å². The molecule has 28 heavy (non-hydrogen) atoms. The number of nitrogens with zero attached hydrogens (tertiary/aromatic N) is 1. The molecule has 0 saturated carbocycles. The Kier molecular flexibility index (Phi) is 6.79. The highest BCUT2D eigenvalue weighted by molar-refractivity contribution is 7.89. The van der Waals surface area contributed by atoms with Gasteiger partial charge in [0.1, 0.15) is 0 Å². The van der Waals surface area contributed by atoms with E-state index in [4.69, 9.17) is 4.74 Å². The molecule has 0 spiro atoms. The molecule has 2 aromatic carbocycles. The van der Waals surface area contributed by atoms with Crippen molar-refractivity contribution < 1.29 is 17.9 Å². The van der Waals surface area contributed by atoms with Gasteiger partial charge in [0.05, 0.1) is 18.1 Å². The van der Waals surface area contributed by atoms with Gasteiger partial charge in [-0.3, -0.25) is 9.69 Å². The maximum Gasteiger partial charge on any atom is 0.240 e. The molecule has 1 atom stereocenters. The van der Waals surface area contributed by atoms with Crippen LogP contribution >= 0.6 is 0 Å². The van der Waals surface area contributed by atoms with E-state index in [0.717, 1.165) is 18.7 Å². The average molecular weight is 404 g/mol. The minimum absolute atomic E-state index is 0.0708. The first kappa shape index (κ1) is 20.5. The van der Waals surface area contributed by atoms with Crippen LogP contribution in [0.2, 0.25) is 0 Å². The second kappa shape index (κ2) is 9.29. The van der Waals surface area contributed by atoms with E-state index in [0.29, 0.717) is 18.9 Å². The zero-order valence-electron chi connectivity index (χ0n) is 15.8. The molecule has 3 rings (SSSR count). The van der Waals surface area contributed by atoms with Crippen molar-refractivity contribution in [1.29, 1.82) is 0 Å². The first-order valence-corrected chi connectivity index (χ1v) is 10.7. The lowest BCUT2D eigenvalue weighted by molar-refractivity contribution is -0.114. The molecule has 2 aromatic rings. The monoisotopic (exact) mass is 403 g/mol. The second-order valence-corrected chi connectivity index (χ2v) is 8.40. The third kappa shape index (κ3) is 5.39. The number of rotatable bonds is 7. The van der Waals surface area contributed by atoms with E-state index in [9.17, 15) is 13.2 Å². The van der Waals surface area contributed by atoms with Crippen molar-refractivity contribution in [3.8, 4) is 0 Å². The maximum atomic E-state index is 12.7. The molecule has 8 heteroatoms. The number of hydrogen-bond donors (Lipinski definition) is 2. The molecule has 1 saturated heterocycles. The maximum absolute atomic E-state index is 12.7. The SMILES string of the molecule is CC(=O)Nc1ccc(S(=O)(=O)NCC(c2ccccc2)N2CCOCC2)cc1. The van der Waals surface area contributed by atoms with Gasteiger partial charge in [-0.15, -0.1) is 0 Å². The number of anilines is 1. The normalized spacial score (nSPS) is 16.5. The molecule has 1 aliphatic rings. The Balaban J connectivity index is 1.73. The highest BCUT2D eigenvalue weighted by Crippen LogP contribution is 2.22. The predicted molar refractivity (Wildman–Crippen MR) is 108 cm³/mol. The van der Waals surface area contributed by atoms with Crippen LogP contribution in [0.5, 0.6) is 0 Å². The minimum Gasteiger partial charge on any atom is -0.379 e. The van der Waals surface area contributed by atoms with E-state index in [2.05, 4.69) is 14.9 Å². The van der Waals surface area contributed by atoms with Gasteiger partial charge in [0.15, 0.2) is 0 Å². The number of sulfonamides is 1. The molecule has 0 aromatic heterocycles. The third-order valence-electron chi connectivity index (χ3n) is 4.62. The number of carbonyl (C=O) groups excluding carboxylic acids is 1. The number of hydrogen-bond acceptors (Lipinski definition) is 5. The summed E-state index contributed by atoms with van der Waals surface area (Å²) in [7, 11) is -3.67. The van der Waals surface area contributed by atoms with Crippen molar-refractivity contribution in [3.05, 3.63) is 60.2 Å². The summed E-state index contributed by atoms with van der Waals surface area (Å²) in [6, 6.07) is 15.9. The third-order valence-corrected chi connectivity index (χ3v) is 6.06. The van der Waals surface area contributed by atoms with Gasteiger partial charge in [-0.05, 0) is 29.8 Å². The molecule has 1 aliphatic heterocycles. The standard InChI is InChI=1S/C20H25N3O4S/c1-16(24)22-18-7-9-19(10-8-18)28(25,26)21-15-20(17-5-3-2-4-6-17)23-11-13-27-14-12-23/h2-10,20-21H,11-15H2,1H3,(H,22,24). The fraction of sp³-hybridized carbons (Fsp3) is 0.350. The Hall–Kier alpha value is -2.26. The van der Waals surface area contributed by atoms with Gasteiger partial charge in [-0.25, -0.2) is 13.1 Å². The summed E-state index contributed by atoms with van der Waals surface area (Å²) in [4.78, 5) is 13.5. The molecular formula is C20H25N3O4S. The van der Waals surface area contributed by atoms with E-state index < -0.39 is 10.0 Å². The van der Waals surface area contributed by atoms with E-state index in [1.54, 1.807) is 12.1 Å². The van der Waals surface area contributed by atoms with Gasteiger partial charge in [0.25, 0.3) is 0 Å². The fourth-order valence-electron chi connectivity index (χ4n) is 3.21. The van der Waals surface area contributed by atoms with Crippen LogP contribution < -0.4 is 10.0 Å². The Bertz CT molecular complexity index is 879. The van der Waals surface area contributed by atoms with Gasteiger partial charge in [0, 0.05) is 38.3 Å². The lowest BCUT2D eigenvalue weighted by atomic mass is 10.1. The Morgan fingerprint density at radius 2 is 1.71 bits per heavy atom. The Labute approximate surface area is 165 Å². The molecule has 0 aliphatic carbocycles. The summed E-state index contributed by atoms with van der Waals surface area (Å²) >= 11 is 0. The molecule has 0 radical (unpaired) electrons. The van der Waals surface area contributed by atoms with Crippen LogP contribution in [0, 0.1) is 0 Å². The van der Waals surface area contributed by atoms with Gasteiger partial charge >= 0.3 is 0 Å². The summed E-state index contributed by atoms with van der Waals surface area (Å²) in [6.45, 7) is 4.46. The van der Waals surface area contributed by atoms with Crippen molar-refractivity contribution in [2.45, 2.75) is 17.9 Å². The number of morpholine rings is 1. The van der Waals surface area contributed by atoms with E-state index in [1.165, 1.54) is 19.1 Å². The summed E-state index contributed by atoms with van der Waals surface area (Å²) in [5, 5.41) is 2.63. The summed E-state index contributed by atoms with van der Waals surface area (Å²) in [6.07, 6.45) is 0. The predicted octanol–water partition coefficient (Wildman–Crippen LogP) is 2.00. The highest BCUT2D eigenvalue weighted by atomic mass is 32.2.